The molecule has 0 spiro atoms. The van der Waals surface area contributed by atoms with E-state index in [1.54, 1.807) is 39.8 Å². The average molecular weight is 280 g/mol. The highest BCUT2D eigenvalue weighted by Gasteiger charge is 2.44. The van der Waals surface area contributed by atoms with Crippen molar-refractivity contribution in [3.63, 3.8) is 0 Å². The minimum atomic E-state index is -1.09. The first-order valence-electron chi connectivity index (χ1n) is 6.25. The van der Waals surface area contributed by atoms with Crippen molar-refractivity contribution in [3.8, 4) is 0 Å². The molecule has 0 aliphatic rings. The number of aryl methyl sites for hydroxylation is 1. The largest absolute Gasteiger partial charge is 0.481 e. The Morgan fingerprint density at radius 3 is 2.30 bits per heavy atom. The van der Waals surface area contributed by atoms with Crippen LogP contribution in [0, 0.1) is 22.5 Å². The molecule has 0 aliphatic heterocycles. The standard InChI is InChI=1S/C14H20N2O4/c1-9-6-7-11(16(19)20)10(8-9)15-14(4,5)13(2,3)12(17)18/h6-8,15H,1-5H3,(H,17,18). The van der Waals surface area contributed by atoms with Crippen LogP contribution in [0.25, 0.3) is 0 Å². The first-order valence-corrected chi connectivity index (χ1v) is 6.25. The number of aliphatic carboxylic acids is 1. The SMILES string of the molecule is Cc1ccc([N+](=O)[O-])c(NC(C)(C)C(C)(C)C(=O)O)c1. The summed E-state index contributed by atoms with van der Waals surface area (Å²) in [6, 6.07) is 4.72. The number of carboxylic acid groups (broad SMARTS) is 1. The second-order valence-electron chi connectivity index (χ2n) is 5.96. The first-order chi connectivity index (χ1) is 8.99. The summed E-state index contributed by atoms with van der Waals surface area (Å²) >= 11 is 0. The highest BCUT2D eigenvalue weighted by Crippen LogP contribution is 2.36. The van der Waals surface area contributed by atoms with Crippen LogP contribution in [-0.2, 0) is 4.79 Å². The van der Waals surface area contributed by atoms with Crippen LogP contribution in [0.2, 0.25) is 0 Å². The third-order valence-electron chi connectivity index (χ3n) is 3.89. The summed E-state index contributed by atoms with van der Waals surface area (Å²) in [4.78, 5) is 21.9. The number of carbonyl (C=O) groups is 1. The molecule has 0 aromatic heterocycles. The fraction of sp³-hybridized carbons (Fsp3) is 0.500. The highest BCUT2D eigenvalue weighted by molar-refractivity contribution is 5.77. The summed E-state index contributed by atoms with van der Waals surface area (Å²) in [7, 11) is 0. The lowest BCUT2D eigenvalue weighted by Gasteiger charge is -2.39. The lowest BCUT2D eigenvalue weighted by atomic mass is 9.74. The van der Waals surface area contributed by atoms with Crippen molar-refractivity contribution in [2.75, 3.05) is 5.32 Å². The molecule has 0 unspecified atom stereocenters. The third kappa shape index (κ3) is 2.89. The quantitative estimate of drug-likeness (QED) is 0.638. The van der Waals surface area contributed by atoms with E-state index < -0.39 is 21.8 Å². The van der Waals surface area contributed by atoms with Crippen molar-refractivity contribution in [3.05, 3.63) is 33.9 Å². The predicted molar refractivity (Wildman–Crippen MR) is 77.0 cm³/mol. The molecule has 1 aromatic carbocycles. The highest BCUT2D eigenvalue weighted by atomic mass is 16.6. The molecule has 0 atom stereocenters. The van der Waals surface area contributed by atoms with Crippen LogP contribution in [-0.4, -0.2) is 21.5 Å². The zero-order chi connectivity index (χ0) is 15.7. The van der Waals surface area contributed by atoms with Gasteiger partial charge in [-0.25, -0.2) is 0 Å². The second kappa shape index (κ2) is 5.11. The molecular weight excluding hydrogens is 260 g/mol. The molecule has 1 aromatic rings. The number of anilines is 1. The fourth-order valence-electron chi connectivity index (χ4n) is 1.67. The van der Waals surface area contributed by atoms with Crippen molar-refractivity contribution in [1.82, 2.24) is 0 Å². The summed E-state index contributed by atoms with van der Waals surface area (Å²) in [5.41, 5.74) is -0.830. The van der Waals surface area contributed by atoms with E-state index in [4.69, 9.17) is 0 Å². The summed E-state index contributed by atoms with van der Waals surface area (Å²) in [6.45, 7) is 8.43. The Bertz CT molecular complexity index is 550. The van der Waals surface area contributed by atoms with Gasteiger partial charge in [0.2, 0.25) is 0 Å². The summed E-state index contributed by atoms with van der Waals surface area (Å²) < 4.78 is 0. The molecule has 0 saturated heterocycles. The number of nitrogens with one attached hydrogen (secondary N) is 1. The molecule has 0 radical (unpaired) electrons. The molecule has 110 valence electrons. The molecule has 6 heteroatoms. The van der Waals surface area contributed by atoms with Gasteiger partial charge in [0.1, 0.15) is 5.69 Å². The molecule has 0 bridgehead atoms. The van der Waals surface area contributed by atoms with Gasteiger partial charge < -0.3 is 10.4 Å². The molecule has 0 amide bonds. The van der Waals surface area contributed by atoms with Crippen LogP contribution in [0.4, 0.5) is 11.4 Å². The molecule has 0 heterocycles. The number of nitro benzene ring substituents is 1. The van der Waals surface area contributed by atoms with Gasteiger partial charge in [-0.15, -0.1) is 0 Å². The van der Waals surface area contributed by atoms with Gasteiger partial charge >= 0.3 is 5.97 Å². The van der Waals surface area contributed by atoms with Crippen LogP contribution in [0.15, 0.2) is 18.2 Å². The lowest BCUT2D eigenvalue weighted by molar-refractivity contribution is -0.384. The average Bonchev–Trinajstić information content (AvgIpc) is 2.27. The van der Waals surface area contributed by atoms with E-state index in [1.165, 1.54) is 6.07 Å². The fourth-order valence-corrected chi connectivity index (χ4v) is 1.67. The molecule has 1 rings (SSSR count). The van der Waals surface area contributed by atoms with Crippen molar-refractivity contribution in [1.29, 1.82) is 0 Å². The Morgan fingerprint density at radius 2 is 1.85 bits per heavy atom. The van der Waals surface area contributed by atoms with E-state index in [9.17, 15) is 20.0 Å². The predicted octanol–water partition coefficient (Wildman–Crippen LogP) is 3.20. The maximum Gasteiger partial charge on any atom is 0.311 e. The summed E-state index contributed by atoms with van der Waals surface area (Å²) in [6.07, 6.45) is 0. The van der Waals surface area contributed by atoms with Crippen molar-refractivity contribution < 1.29 is 14.8 Å². The van der Waals surface area contributed by atoms with Crippen molar-refractivity contribution >= 4 is 17.3 Å². The monoisotopic (exact) mass is 280 g/mol. The van der Waals surface area contributed by atoms with E-state index in [0.29, 0.717) is 5.69 Å². The van der Waals surface area contributed by atoms with E-state index >= 15 is 0 Å². The number of hydrogen-bond acceptors (Lipinski definition) is 4. The topological polar surface area (TPSA) is 92.5 Å². The zero-order valence-electron chi connectivity index (χ0n) is 12.4. The number of nitrogens with zero attached hydrogens (tertiary/aromatic N) is 1. The number of benzene rings is 1. The third-order valence-corrected chi connectivity index (χ3v) is 3.89. The molecule has 6 nitrogen and oxygen atoms in total. The molecule has 0 aliphatic carbocycles. The maximum absolute atomic E-state index is 11.4. The van der Waals surface area contributed by atoms with Gasteiger partial charge in [-0.1, -0.05) is 6.07 Å². The van der Waals surface area contributed by atoms with Crippen LogP contribution >= 0.6 is 0 Å². The molecule has 0 saturated carbocycles. The Morgan fingerprint density at radius 1 is 1.30 bits per heavy atom. The van der Waals surface area contributed by atoms with Gasteiger partial charge in [0.15, 0.2) is 0 Å². The number of nitro groups is 1. The summed E-state index contributed by atoms with van der Waals surface area (Å²) in [5.74, 6) is -0.967. The van der Waals surface area contributed by atoms with Crippen LogP contribution in [0.5, 0.6) is 0 Å². The Hall–Kier alpha value is -2.11. The van der Waals surface area contributed by atoms with Crippen LogP contribution in [0.3, 0.4) is 0 Å². The van der Waals surface area contributed by atoms with E-state index in [-0.39, 0.29) is 5.69 Å². The van der Waals surface area contributed by atoms with Gasteiger partial charge in [-0.2, -0.15) is 0 Å². The van der Waals surface area contributed by atoms with Crippen molar-refractivity contribution in [2.24, 2.45) is 5.41 Å². The van der Waals surface area contributed by atoms with Gasteiger partial charge in [-0.3, -0.25) is 14.9 Å². The van der Waals surface area contributed by atoms with E-state index in [0.717, 1.165) is 5.56 Å². The minimum Gasteiger partial charge on any atom is -0.481 e. The molecule has 2 N–H and O–H groups in total. The lowest BCUT2D eigenvalue weighted by Crippen LogP contribution is -2.50. The van der Waals surface area contributed by atoms with E-state index in [2.05, 4.69) is 5.32 Å². The van der Waals surface area contributed by atoms with Crippen LogP contribution < -0.4 is 5.32 Å². The Labute approximate surface area is 118 Å². The van der Waals surface area contributed by atoms with Gasteiger partial charge in [-0.05, 0) is 46.2 Å². The summed E-state index contributed by atoms with van der Waals surface area (Å²) in [5, 5.41) is 23.4. The van der Waals surface area contributed by atoms with E-state index in [1.807, 2.05) is 6.92 Å². The zero-order valence-corrected chi connectivity index (χ0v) is 12.4. The number of hydrogen-bond donors (Lipinski definition) is 2. The Kier molecular flexibility index (Phi) is 4.07. The smallest absolute Gasteiger partial charge is 0.311 e. The maximum atomic E-state index is 11.4. The van der Waals surface area contributed by atoms with Gasteiger partial charge in [0.05, 0.1) is 10.3 Å². The Balaban J connectivity index is 3.25. The van der Waals surface area contributed by atoms with Gasteiger partial charge in [0.25, 0.3) is 5.69 Å². The minimum absolute atomic E-state index is 0.0649. The molecule has 0 fully saturated rings. The number of rotatable bonds is 5. The van der Waals surface area contributed by atoms with Crippen molar-refractivity contribution in [2.45, 2.75) is 40.2 Å². The second-order valence-corrected chi connectivity index (χ2v) is 5.96. The molecular formula is C14H20N2O4. The van der Waals surface area contributed by atoms with Gasteiger partial charge in [0, 0.05) is 11.6 Å². The number of carboxylic acids is 1. The molecule has 20 heavy (non-hydrogen) atoms. The normalized spacial score (nSPS) is 12.1. The first kappa shape index (κ1) is 15.9. The van der Waals surface area contributed by atoms with Crippen LogP contribution in [0.1, 0.15) is 33.3 Å².